The van der Waals surface area contributed by atoms with Crippen molar-refractivity contribution in [2.75, 3.05) is 11.5 Å². The van der Waals surface area contributed by atoms with Gasteiger partial charge in [0.2, 0.25) is 5.91 Å². The van der Waals surface area contributed by atoms with E-state index in [4.69, 9.17) is 5.73 Å². The van der Waals surface area contributed by atoms with Crippen molar-refractivity contribution in [2.24, 2.45) is 11.7 Å². The van der Waals surface area contributed by atoms with Gasteiger partial charge in [0.15, 0.2) is 0 Å². The molecule has 0 saturated heterocycles. The number of amides is 1. The summed E-state index contributed by atoms with van der Waals surface area (Å²) in [6.45, 7) is 4.25. The van der Waals surface area contributed by atoms with Crippen LogP contribution in [0.4, 0.5) is 0 Å². The van der Waals surface area contributed by atoms with Crippen LogP contribution < -0.4 is 11.1 Å². The van der Waals surface area contributed by atoms with Crippen molar-refractivity contribution >= 4 is 17.7 Å². The van der Waals surface area contributed by atoms with Gasteiger partial charge in [-0.25, -0.2) is 0 Å². The van der Waals surface area contributed by atoms with Gasteiger partial charge in [0, 0.05) is 17.8 Å². The zero-order valence-corrected chi connectivity index (χ0v) is 11.2. The number of carbonyl (C=O) groups excluding carboxylic acids is 1. The lowest BCUT2D eigenvalue weighted by Gasteiger charge is -2.26. The van der Waals surface area contributed by atoms with Crippen LogP contribution in [0.25, 0.3) is 0 Å². The Labute approximate surface area is 103 Å². The molecular weight excluding hydrogens is 220 g/mol. The molecule has 1 saturated carbocycles. The van der Waals surface area contributed by atoms with Gasteiger partial charge in [0.05, 0.1) is 5.75 Å². The highest BCUT2D eigenvalue weighted by atomic mass is 32.2. The highest BCUT2D eigenvalue weighted by Gasteiger charge is 2.19. The Balaban J connectivity index is 2.09. The van der Waals surface area contributed by atoms with Crippen molar-refractivity contribution in [3.05, 3.63) is 0 Å². The maximum atomic E-state index is 11.6. The first-order valence-corrected chi connectivity index (χ1v) is 7.36. The molecule has 1 rings (SSSR count). The summed E-state index contributed by atoms with van der Waals surface area (Å²) in [7, 11) is 0. The molecule has 4 heteroatoms. The summed E-state index contributed by atoms with van der Waals surface area (Å²) < 4.78 is 0. The SMILES string of the molecule is CC(N)CSCC(=O)NC1CCC(C)CC1. The summed E-state index contributed by atoms with van der Waals surface area (Å²) in [6.07, 6.45) is 4.78. The largest absolute Gasteiger partial charge is 0.353 e. The summed E-state index contributed by atoms with van der Waals surface area (Å²) >= 11 is 1.62. The van der Waals surface area contributed by atoms with Crippen LogP contribution in [-0.2, 0) is 4.79 Å². The van der Waals surface area contributed by atoms with Crippen molar-refractivity contribution < 1.29 is 4.79 Å². The standard InChI is InChI=1S/C12H24N2OS/c1-9-3-5-11(6-4-9)14-12(15)8-16-7-10(2)13/h9-11H,3-8,13H2,1-2H3,(H,14,15). The third-order valence-electron chi connectivity index (χ3n) is 2.99. The molecule has 3 N–H and O–H groups in total. The molecule has 0 aromatic rings. The molecule has 3 nitrogen and oxygen atoms in total. The summed E-state index contributed by atoms with van der Waals surface area (Å²) in [5.41, 5.74) is 5.63. The molecule has 1 atom stereocenters. The molecule has 0 bridgehead atoms. The van der Waals surface area contributed by atoms with Gasteiger partial charge < -0.3 is 11.1 Å². The molecule has 0 aromatic heterocycles. The molecule has 16 heavy (non-hydrogen) atoms. The highest BCUT2D eigenvalue weighted by Crippen LogP contribution is 2.23. The van der Waals surface area contributed by atoms with Gasteiger partial charge in [-0.1, -0.05) is 6.92 Å². The quantitative estimate of drug-likeness (QED) is 0.775. The monoisotopic (exact) mass is 244 g/mol. The van der Waals surface area contributed by atoms with Gasteiger partial charge in [-0.2, -0.15) is 11.8 Å². The second kappa shape index (κ2) is 7.17. The number of hydrogen-bond acceptors (Lipinski definition) is 3. The van der Waals surface area contributed by atoms with Gasteiger partial charge in [0.25, 0.3) is 0 Å². The van der Waals surface area contributed by atoms with Crippen LogP contribution in [-0.4, -0.2) is 29.5 Å². The van der Waals surface area contributed by atoms with E-state index >= 15 is 0 Å². The van der Waals surface area contributed by atoms with E-state index in [2.05, 4.69) is 12.2 Å². The Kier molecular flexibility index (Phi) is 6.21. The fourth-order valence-electron chi connectivity index (χ4n) is 2.01. The van der Waals surface area contributed by atoms with Gasteiger partial charge >= 0.3 is 0 Å². The van der Waals surface area contributed by atoms with E-state index in [1.807, 2.05) is 6.92 Å². The lowest BCUT2D eigenvalue weighted by atomic mass is 9.87. The molecular formula is C12H24N2OS. The number of nitrogens with two attached hydrogens (primary N) is 1. The van der Waals surface area contributed by atoms with Crippen LogP contribution in [0, 0.1) is 5.92 Å². The Morgan fingerprint density at radius 3 is 2.62 bits per heavy atom. The van der Waals surface area contributed by atoms with Crippen molar-refractivity contribution in [1.29, 1.82) is 0 Å². The summed E-state index contributed by atoms with van der Waals surface area (Å²) in [4.78, 5) is 11.6. The van der Waals surface area contributed by atoms with Crippen LogP contribution in [0.15, 0.2) is 0 Å². The first-order chi connectivity index (χ1) is 7.58. The normalized spacial score (nSPS) is 27.4. The van der Waals surface area contributed by atoms with Crippen LogP contribution in [0.5, 0.6) is 0 Å². The van der Waals surface area contributed by atoms with E-state index in [0.29, 0.717) is 11.8 Å². The predicted molar refractivity (Wildman–Crippen MR) is 70.5 cm³/mol. The van der Waals surface area contributed by atoms with Gasteiger partial charge in [0.1, 0.15) is 0 Å². The van der Waals surface area contributed by atoms with Crippen molar-refractivity contribution in [2.45, 2.75) is 51.6 Å². The second-order valence-corrected chi connectivity index (χ2v) is 6.05. The molecule has 0 aromatic carbocycles. The maximum absolute atomic E-state index is 11.6. The topological polar surface area (TPSA) is 55.1 Å². The molecule has 1 unspecified atom stereocenters. The van der Waals surface area contributed by atoms with E-state index < -0.39 is 0 Å². The minimum atomic E-state index is 0.171. The first kappa shape index (κ1) is 13.8. The molecule has 0 radical (unpaired) electrons. The fourth-order valence-corrected chi connectivity index (χ4v) is 2.77. The third-order valence-corrected chi connectivity index (χ3v) is 4.22. The molecule has 0 heterocycles. The van der Waals surface area contributed by atoms with E-state index in [0.717, 1.165) is 24.5 Å². The molecule has 1 aliphatic rings. The Morgan fingerprint density at radius 2 is 2.06 bits per heavy atom. The number of rotatable bonds is 5. The third kappa shape index (κ3) is 5.75. The zero-order valence-electron chi connectivity index (χ0n) is 10.4. The van der Waals surface area contributed by atoms with Crippen LogP contribution in [0.2, 0.25) is 0 Å². The predicted octanol–water partition coefficient (Wildman–Crippen LogP) is 1.76. The van der Waals surface area contributed by atoms with E-state index in [9.17, 15) is 4.79 Å². The number of nitrogens with one attached hydrogen (secondary N) is 1. The van der Waals surface area contributed by atoms with Crippen molar-refractivity contribution in [3.8, 4) is 0 Å². The van der Waals surface area contributed by atoms with Crippen LogP contribution in [0.1, 0.15) is 39.5 Å². The van der Waals surface area contributed by atoms with E-state index in [1.54, 1.807) is 11.8 Å². The maximum Gasteiger partial charge on any atom is 0.230 e. The average Bonchev–Trinajstić information content (AvgIpc) is 2.21. The lowest BCUT2D eigenvalue weighted by molar-refractivity contribution is -0.119. The molecule has 1 aliphatic carbocycles. The fraction of sp³-hybridized carbons (Fsp3) is 0.917. The number of carbonyl (C=O) groups is 1. The van der Waals surface area contributed by atoms with Gasteiger partial charge in [-0.05, 0) is 38.5 Å². The van der Waals surface area contributed by atoms with Crippen molar-refractivity contribution in [1.82, 2.24) is 5.32 Å². The average molecular weight is 244 g/mol. The minimum absolute atomic E-state index is 0.171. The molecule has 1 fully saturated rings. The molecule has 1 amide bonds. The minimum Gasteiger partial charge on any atom is -0.353 e. The molecule has 0 aliphatic heterocycles. The highest BCUT2D eigenvalue weighted by molar-refractivity contribution is 7.99. The smallest absolute Gasteiger partial charge is 0.230 e. The molecule has 0 spiro atoms. The first-order valence-electron chi connectivity index (χ1n) is 6.20. The van der Waals surface area contributed by atoms with Crippen molar-refractivity contribution in [3.63, 3.8) is 0 Å². The van der Waals surface area contributed by atoms with Gasteiger partial charge in [-0.15, -0.1) is 0 Å². The Morgan fingerprint density at radius 1 is 1.44 bits per heavy atom. The number of hydrogen-bond donors (Lipinski definition) is 2. The van der Waals surface area contributed by atoms with Crippen LogP contribution in [0.3, 0.4) is 0 Å². The summed E-state index contributed by atoms with van der Waals surface area (Å²) in [5, 5.41) is 3.11. The molecule has 94 valence electrons. The van der Waals surface area contributed by atoms with Crippen LogP contribution >= 0.6 is 11.8 Å². The number of thioether (sulfide) groups is 1. The Hall–Kier alpha value is -0.220. The zero-order chi connectivity index (χ0) is 12.0. The second-order valence-electron chi connectivity index (χ2n) is 5.02. The lowest BCUT2D eigenvalue weighted by Crippen LogP contribution is -2.38. The summed E-state index contributed by atoms with van der Waals surface area (Å²) in [6, 6.07) is 0.591. The van der Waals surface area contributed by atoms with E-state index in [1.165, 1.54) is 12.8 Å². The van der Waals surface area contributed by atoms with E-state index in [-0.39, 0.29) is 11.9 Å². The van der Waals surface area contributed by atoms with Gasteiger partial charge in [-0.3, -0.25) is 4.79 Å². The Bertz CT molecular complexity index is 213. The summed E-state index contributed by atoms with van der Waals surface area (Å²) in [5.74, 6) is 2.41.